The molecule has 0 spiro atoms. The molecule has 0 aliphatic carbocycles. The summed E-state index contributed by atoms with van der Waals surface area (Å²) in [6, 6.07) is 13.6. The zero-order valence-corrected chi connectivity index (χ0v) is 17.2. The number of H-pyrrole nitrogens is 1. The highest BCUT2D eigenvalue weighted by atomic mass is 16.6. The molecule has 0 unspecified atom stereocenters. The van der Waals surface area contributed by atoms with E-state index in [0.717, 1.165) is 57.7 Å². The van der Waals surface area contributed by atoms with E-state index in [1.165, 1.54) is 22.0 Å². The van der Waals surface area contributed by atoms with Crippen molar-refractivity contribution in [3.63, 3.8) is 0 Å². The van der Waals surface area contributed by atoms with Gasteiger partial charge >= 0.3 is 0 Å². The minimum absolute atomic E-state index is 0.144. The third-order valence-corrected chi connectivity index (χ3v) is 5.98. The van der Waals surface area contributed by atoms with Crippen LogP contribution in [0, 0.1) is 10.1 Å². The Morgan fingerprint density at radius 1 is 1.03 bits per heavy atom. The average molecular weight is 408 g/mol. The van der Waals surface area contributed by atoms with Crippen LogP contribution in [0.2, 0.25) is 0 Å². The van der Waals surface area contributed by atoms with Crippen molar-refractivity contribution >= 4 is 22.3 Å². The van der Waals surface area contributed by atoms with Gasteiger partial charge in [0.25, 0.3) is 5.69 Å². The molecule has 1 saturated heterocycles. The summed E-state index contributed by atoms with van der Waals surface area (Å²) >= 11 is 0. The van der Waals surface area contributed by atoms with Crippen LogP contribution in [-0.2, 0) is 12.8 Å². The van der Waals surface area contributed by atoms with E-state index >= 15 is 0 Å². The molecule has 0 atom stereocenters. The third kappa shape index (κ3) is 4.63. The van der Waals surface area contributed by atoms with Gasteiger partial charge in [-0.05, 0) is 67.7 Å². The number of non-ortho nitro benzene ring substituents is 1. The van der Waals surface area contributed by atoms with E-state index in [-0.39, 0.29) is 10.6 Å². The van der Waals surface area contributed by atoms with Crippen LogP contribution in [0.3, 0.4) is 0 Å². The maximum Gasteiger partial charge on any atom is 0.269 e. The molecule has 3 aromatic rings. The van der Waals surface area contributed by atoms with Gasteiger partial charge in [0.1, 0.15) is 0 Å². The second-order valence-electron chi connectivity index (χ2n) is 7.94. The number of aromatic amines is 1. The van der Waals surface area contributed by atoms with Crippen LogP contribution in [0.25, 0.3) is 10.9 Å². The number of aromatic nitrogens is 1. The number of hydrogen-bond donors (Lipinski definition) is 2. The van der Waals surface area contributed by atoms with E-state index in [4.69, 9.17) is 5.73 Å². The van der Waals surface area contributed by atoms with Gasteiger partial charge in [-0.3, -0.25) is 15.0 Å². The van der Waals surface area contributed by atoms with Crippen LogP contribution in [-0.4, -0.2) is 54.1 Å². The van der Waals surface area contributed by atoms with Crippen molar-refractivity contribution in [1.82, 2.24) is 9.88 Å². The molecule has 1 aromatic heterocycles. The van der Waals surface area contributed by atoms with E-state index < -0.39 is 0 Å². The van der Waals surface area contributed by atoms with Gasteiger partial charge in [-0.1, -0.05) is 6.07 Å². The summed E-state index contributed by atoms with van der Waals surface area (Å²) in [6.07, 6.45) is 5.19. The number of nitrogens with one attached hydrogen (secondary N) is 1. The molecule has 7 nitrogen and oxygen atoms in total. The highest BCUT2D eigenvalue weighted by Gasteiger charge is 2.17. The first-order valence-corrected chi connectivity index (χ1v) is 10.6. The number of nitrogens with two attached hydrogens (primary N) is 1. The Morgan fingerprint density at radius 3 is 2.50 bits per heavy atom. The van der Waals surface area contributed by atoms with Gasteiger partial charge in [-0.15, -0.1) is 0 Å². The number of rotatable bonds is 8. The molecular weight excluding hydrogens is 378 g/mol. The predicted molar refractivity (Wildman–Crippen MR) is 121 cm³/mol. The van der Waals surface area contributed by atoms with Crippen LogP contribution < -0.4 is 10.6 Å². The van der Waals surface area contributed by atoms with Crippen molar-refractivity contribution in [2.45, 2.75) is 19.3 Å². The van der Waals surface area contributed by atoms with Crippen molar-refractivity contribution in [1.29, 1.82) is 0 Å². The molecule has 0 radical (unpaired) electrons. The Hall–Kier alpha value is -2.90. The van der Waals surface area contributed by atoms with Gasteiger partial charge in [-0.2, -0.15) is 0 Å². The van der Waals surface area contributed by atoms with Crippen molar-refractivity contribution in [2.75, 3.05) is 44.2 Å². The molecule has 1 aliphatic heterocycles. The van der Waals surface area contributed by atoms with Crippen molar-refractivity contribution in [3.8, 4) is 0 Å². The lowest BCUT2D eigenvalue weighted by Crippen LogP contribution is -2.46. The Morgan fingerprint density at radius 2 is 1.80 bits per heavy atom. The molecule has 1 aliphatic rings. The zero-order chi connectivity index (χ0) is 20.9. The minimum atomic E-state index is -0.353. The van der Waals surface area contributed by atoms with Gasteiger partial charge in [-0.25, -0.2) is 0 Å². The van der Waals surface area contributed by atoms with E-state index in [1.54, 1.807) is 12.1 Å². The van der Waals surface area contributed by atoms with Crippen molar-refractivity contribution in [3.05, 3.63) is 69.9 Å². The number of anilines is 1. The summed E-state index contributed by atoms with van der Waals surface area (Å²) in [5.74, 6) is 0. The van der Waals surface area contributed by atoms with Crippen LogP contribution in [0.5, 0.6) is 0 Å². The highest BCUT2D eigenvalue weighted by Crippen LogP contribution is 2.22. The van der Waals surface area contributed by atoms with Crippen LogP contribution in [0.4, 0.5) is 11.4 Å². The summed E-state index contributed by atoms with van der Waals surface area (Å²) in [5.41, 5.74) is 10.8. The number of piperazine rings is 1. The summed E-state index contributed by atoms with van der Waals surface area (Å²) < 4.78 is 0. The Balaban J connectivity index is 1.25. The van der Waals surface area contributed by atoms with Gasteiger partial charge in [0.15, 0.2) is 0 Å². The number of aryl methyl sites for hydroxylation is 1. The normalized spacial score (nSPS) is 15.0. The fourth-order valence-electron chi connectivity index (χ4n) is 4.27. The van der Waals surface area contributed by atoms with Gasteiger partial charge in [0, 0.05) is 61.1 Å². The molecule has 3 N–H and O–H groups in total. The lowest BCUT2D eigenvalue weighted by atomic mass is 10.0. The average Bonchev–Trinajstić information content (AvgIpc) is 3.17. The number of hydrogen-bond acceptors (Lipinski definition) is 5. The largest absolute Gasteiger partial charge is 0.369 e. The van der Waals surface area contributed by atoms with Crippen LogP contribution >= 0.6 is 0 Å². The topological polar surface area (TPSA) is 91.4 Å². The lowest BCUT2D eigenvalue weighted by molar-refractivity contribution is -0.384. The number of nitro benzene ring substituents is 1. The summed E-state index contributed by atoms with van der Waals surface area (Å²) in [4.78, 5) is 18.6. The first-order chi connectivity index (χ1) is 14.6. The maximum atomic E-state index is 10.8. The van der Waals surface area contributed by atoms with Crippen molar-refractivity contribution < 1.29 is 4.92 Å². The Labute approximate surface area is 176 Å². The quantitative estimate of drug-likeness (QED) is 0.441. The van der Waals surface area contributed by atoms with E-state index in [0.29, 0.717) is 6.54 Å². The zero-order valence-electron chi connectivity index (χ0n) is 17.2. The van der Waals surface area contributed by atoms with E-state index in [2.05, 4.69) is 39.2 Å². The molecule has 0 bridgehead atoms. The summed E-state index contributed by atoms with van der Waals surface area (Å²) in [7, 11) is 0. The maximum absolute atomic E-state index is 10.8. The van der Waals surface area contributed by atoms with E-state index in [9.17, 15) is 10.1 Å². The molecule has 7 heteroatoms. The molecule has 30 heavy (non-hydrogen) atoms. The van der Waals surface area contributed by atoms with Gasteiger partial charge in [0.2, 0.25) is 0 Å². The molecule has 1 fully saturated rings. The first kappa shape index (κ1) is 20.4. The molecule has 0 saturated carbocycles. The first-order valence-electron chi connectivity index (χ1n) is 10.6. The number of nitro groups is 1. The molecule has 4 rings (SSSR count). The van der Waals surface area contributed by atoms with E-state index in [1.807, 2.05) is 12.1 Å². The third-order valence-electron chi connectivity index (χ3n) is 5.98. The fraction of sp³-hybridized carbons (Fsp3) is 0.391. The molecule has 2 heterocycles. The summed E-state index contributed by atoms with van der Waals surface area (Å²) in [6.45, 7) is 5.71. The van der Waals surface area contributed by atoms with Crippen LogP contribution in [0.15, 0.2) is 48.7 Å². The van der Waals surface area contributed by atoms with Crippen LogP contribution in [0.1, 0.15) is 17.5 Å². The van der Waals surface area contributed by atoms with Crippen molar-refractivity contribution in [2.24, 2.45) is 5.73 Å². The standard InChI is InChI=1S/C23H29N5O2/c24-10-9-19-17-25-23-8-3-18(16-22(19)23)2-1-11-26-12-14-27(15-13-26)20-4-6-21(7-5-20)28(29)30/h3-8,16-17,25H,1-2,9-15,24H2. The Kier molecular flexibility index (Phi) is 6.30. The summed E-state index contributed by atoms with van der Waals surface area (Å²) in [5, 5.41) is 12.1. The Bertz CT molecular complexity index is 991. The van der Waals surface area contributed by atoms with Gasteiger partial charge < -0.3 is 15.6 Å². The molecule has 158 valence electrons. The monoisotopic (exact) mass is 407 g/mol. The SMILES string of the molecule is NCCc1c[nH]c2ccc(CCCN3CCN(c4ccc([N+](=O)[O-])cc4)CC3)cc12. The number of fused-ring (bicyclic) bond motifs is 1. The molecular formula is C23H29N5O2. The van der Waals surface area contributed by atoms with Gasteiger partial charge in [0.05, 0.1) is 4.92 Å². The second kappa shape index (κ2) is 9.28. The number of benzene rings is 2. The lowest BCUT2D eigenvalue weighted by Gasteiger charge is -2.36. The fourth-order valence-corrected chi connectivity index (χ4v) is 4.27. The number of nitrogens with zero attached hydrogens (tertiary/aromatic N) is 3. The second-order valence-corrected chi connectivity index (χ2v) is 7.94. The predicted octanol–water partition coefficient (Wildman–Crippen LogP) is 3.33. The molecule has 2 aromatic carbocycles. The smallest absolute Gasteiger partial charge is 0.269 e. The highest BCUT2D eigenvalue weighted by molar-refractivity contribution is 5.83. The minimum Gasteiger partial charge on any atom is -0.369 e. The molecule has 0 amide bonds.